The average Bonchev–Trinajstić information content (AvgIpc) is 3.40. The second-order valence-corrected chi connectivity index (χ2v) is 19.9. The van der Waals surface area contributed by atoms with Crippen molar-refractivity contribution in [2.24, 2.45) is 0 Å². The summed E-state index contributed by atoms with van der Waals surface area (Å²) in [4.78, 5) is 27.2. The van der Waals surface area contributed by atoms with E-state index in [9.17, 15) is 35.5 Å². The second kappa shape index (κ2) is 20.2. The molecule has 0 aliphatic carbocycles. The number of hydrogen-bond acceptors (Lipinski definition) is 8. The van der Waals surface area contributed by atoms with Gasteiger partial charge in [0, 0.05) is 22.3 Å². The van der Waals surface area contributed by atoms with E-state index in [0.29, 0.717) is 38.9 Å². The molecule has 0 spiro atoms. The number of hydrogen-bond donors (Lipinski definition) is 2. The van der Waals surface area contributed by atoms with E-state index in [4.69, 9.17) is 9.47 Å². The number of carbonyl (C=O) groups is 2. The number of benzene rings is 9. The van der Waals surface area contributed by atoms with Gasteiger partial charge in [-0.3, -0.25) is 18.7 Å². The van der Waals surface area contributed by atoms with Crippen LogP contribution >= 0.6 is 0 Å². The molecular formula is C58H38F4O10S2. The van der Waals surface area contributed by atoms with Gasteiger partial charge in [-0.05, 0) is 119 Å². The fourth-order valence-corrected chi connectivity index (χ4v) is 9.19. The zero-order valence-electron chi connectivity index (χ0n) is 38.8. The van der Waals surface area contributed by atoms with Gasteiger partial charge in [-0.15, -0.1) is 0 Å². The molecule has 0 aliphatic rings. The average molecular weight is 1040 g/mol. The summed E-state index contributed by atoms with van der Waals surface area (Å²) in [6.45, 7) is 3.82. The lowest BCUT2D eigenvalue weighted by Gasteiger charge is -2.15. The summed E-state index contributed by atoms with van der Waals surface area (Å²) in [5.74, 6) is -12.0. The van der Waals surface area contributed by atoms with Gasteiger partial charge in [-0.25, -0.2) is 0 Å². The van der Waals surface area contributed by atoms with E-state index >= 15 is 17.6 Å². The molecule has 16 heteroatoms. The first kappa shape index (κ1) is 50.4. The van der Waals surface area contributed by atoms with E-state index < -0.39 is 76.4 Å². The van der Waals surface area contributed by atoms with Crippen molar-refractivity contribution in [2.45, 2.75) is 23.6 Å². The molecular weight excluding hydrogens is 997 g/mol. The highest BCUT2D eigenvalue weighted by atomic mass is 32.2. The Hall–Kier alpha value is -8.54. The summed E-state index contributed by atoms with van der Waals surface area (Å²) in [6.07, 6.45) is 0. The van der Waals surface area contributed by atoms with Crippen LogP contribution in [0.4, 0.5) is 17.6 Å². The molecule has 0 aromatic heterocycles. The molecule has 370 valence electrons. The van der Waals surface area contributed by atoms with Crippen molar-refractivity contribution in [3.05, 3.63) is 239 Å². The van der Waals surface area contributed by atoms with E-state index in [-0.39, 0.29) is 33.8 Å². The van der Waals surface area contributed by atoms with Crippen molar-refractivity contribution >= 4 is 31.8 Å². The number of aryl methyl sites for hydroxylation is 2. The fraction of sp³-hybridized carbons (Fsp3) is 0.0345. The maximum absolute atomic E-state index is 15.7. The minimum absolute atomic E-state index is 0.0140. The van der Waals surface area contributed by atoms with Gasteiger partial charge in [0.2, 0.25) is 34.8 Å². The highest BCUT2D eigenvalue weighted by molar-refractivity contribution is 7.86. The molecule has 9 aromatic rings. The number of ether oxygens (including phenoxy) is 2. The van der Waals surface area contributed by atoms with Crippen LogP contribution in [0.1, 0.15) is 43.0 Å². The number of carbonyl (C=O) groups excluding carboxylic acids is 2. The maximum Gasteiger partial charge on any atom is 0.294 e. The van der Waals surface area contributed by atoms with Gasteiger partial charge in [0.25, 0.3) is 20.2 Å². The maximum atomic E-state index is 15.7. The van der Waals surface area contributed by atoms with Crippen LogP contribution in [0.15, 0.2) is 192 Å². The molecule has 9 aromatic carbocycles. The van der Waals surface area contributed by atoms with Crippen LogP contribution in [0.2, 0.25) is 0 Å². The molecule has 0 saturated heterocycles. The Labute approximate surface area is 422 Å². The first-order valence-electron chi connectivity index (χ1n) is 22.3. The molecule has 0 aliphatic heterocycles. The molecule has 0 fully saturated rings. The normalized spacial score (nSPS) is 11.6. The molecule has 0 saturated carbocycles. The van der Waals surface area contributed by atoms with Crippen LogP contribution in [0.3, 0.4) is 0 Å². The SMILES string of the molecule is Cc1ccc(-c2ccc(-c3ccc(Oc4c(F)c(F)c(Oc5ccc(-c6ccc(-c7ccc(C)cc7)c(C(=O)c7cccc(S(=O)(=O)O)c7)c6)cc5)c(F)c4F)cc3)c(C(=O)c3cccc(S(=O)(=O)O)c3)c2)cc1. The topological polar surface area (TPSA) is 161 Å². The molecule has 0 heterocycles. The monoisotopic (exact) mass is 1030 g/mol. The summed E-state index contributed by atoms with van der Waals surface area (Å²) in [7, 11) is -9.27. The van der Waals surface area contributed by atoms with E-state index in [1.165, 1.54) is 72.8 Å². The third kappa shape index (κ3) is 10.5. The predicted octanol–water partition coefficient (Wildman–Crippen LogP) is 14.1. The van der Waals surface area contributed by atoms with Crippen molar-refractivity contribution in [3.63, 3.8) is 0 Å². The lowest BCUT2D eigenvalue weighted by atomic mass is 9.90. The Kier molecular flexibility index (Phi) is 13.7. The minimum atomic E-state index is -4.65. The Bertz CT molecular complexity index is 3890. The standard InChI is InChI=1S/C58H38F4O10S2/c1-33-9-13-35(14-10-33)39-21-28-48(50(31-39)56(64)42-6-4-8-46(30-42)74(68,69)70)38-19-25-44(26-20-38)72-58-53(61)51(59)57(52(60)54(58)62)71-43-23-17-36(18-24-43)40-22-27-47(37-15-11-34(2)12-16-37)49(32-40)55(63)41-5-3-7-45(29-41)73(65,66)67/h3-32H,1-2H3,(H,65,66,67)(H,68,69,70). The van der Waals surface area contributed by atoms with Gasteiger partial charge in [0.1, 0.15) is 11.5 Å². The number of ketones is 2. The van der Waals surface area contributed by atoms with Crippen LogP contribution in [0.5, 0.6) is 23.0 Å². The van der Waals surface area contributed by atoms with Crippen molar-refractivity contribution in [3.8, 4) is 67.5 Å². The Morgan fingerprint density at radius 2 is 0.703 bits per heavy atom. The first-order valence-corrected chi connectivity index (χ1v) is 25.2. The van der Waals surface area contributed by atoms with E-state index in [2.05, 4.69) is 0 Å². The zero-order valence-corrected chi connectivity index (χ0v) is 40.4. The largest absolute Gasteiger partial charge is 0.451 e. The number of halogens is 4. The zero-order chi connectivity index (χ0) is 52.6. The van der Waals surface area contributed by atoms with Crippen LogP contribution < -0.4 is 9.47 Å². The third-order valence-corrected chi connectivity index (χ3v) is 13.7. The molecule has 0 radical (unpaired) electrons. The summed E-state index contributed by atoms with van der Waals surface area (Å²) < 4.78 is 140. The van der Waals surface area contributed by atoms with Crippen molar-refractivity contribution in [2.75, 3.05) is 0 Å². The van der Waals surface area contributed by atoms with E-state index in [1.807, 2.05) is 62.4 Å². The Morgan fingerprint density at radius 3 is 1.05 bits per heavy atom. The highest BCUT2D eigenvalue weighted by Gasteiger charge is 2.30. The van der Waals surface area contributed by atoms with Gasteiger partial charge >= 0.3 is 0 Å². The lowest BCUT2D eigenvalue weighted by Crippen LogP contribution is -2.06. The van der Waals surface area contributed by atoms with Gasteiger partial charge in [-0.2, -0.15) is 34.4 Å². The quantitative estimate of drug-likeness (QED) is 0.0464. The van der Waals surface area contributed by atoms with E-state index in [0.717, 1.165) is 41.0 Å². The Morgan fingerprint density at radius 1 is 0.392 bits per heavy atom. The summed E-state index contributed by atoms with van der Waals surface area (Å²) in [5, 5.41) is 0. The van der Waals surface area contributed by atoms with Gasteiger partial charge < -0.3 is 9.47 Å². The van der Waals surface area contributed by atoms with Crippen molar-refractivity contribution in [1.82, 2.24) is 0 Å². The number of rotatable bonds is 14. The van der Waals surface area contributed by atoms with Crippen LogP contribution in [-0.4, -0.2) is 37.5 Å². The molecule has 0 amide bonds. The minimum Gasteiger partial charge on any atom is -0.451 e. The van der Waals surface area contributed by atoms with Crippen LogP contribution in [0.25, 0.3) is 44.5 Å². The Balaban J connectivity index is 0.971. The molecule has 0 bridgehead atoms. The molecule has 2 N–H and O–H groups in total. The fourth-order valence-electron chi connectivity index (χ4n) is 8.14. The van der Waals surface area contributed by atoms with Gasteiger partial charge in [0.15, 0.2) is 11.6 Å². The molecule has 0 unspecified atom stereocenters. The first-order chi connectivity index (χ1) is 35.2. The molecule has 9 rings (SSSR count). The second-order valence-electron chi connectivity index (χ2n) is 17.1. The predicted molar refractivity (Wildman–Crippen MR) is 270 cm³/mol. The van der Waals surface area contributed by atoms with Crippen molar-refractivity contribution in [1.29, 1.82) is 0 Å². The van der Waals surface area contributed by atoms with Gasteiger partial charge in [-0.1, -0.05) is 132 Å². The summed E-state index contributed by atoms with van der Waals surface area (Å²) in [5.41, 5.74) is 6.59. The van der Waals surface area contributed by atoms with E-state index in [1.54, 1.807) is 36.4 Å². The smallest absolute Gasteiger partial charge is 0.294 e. The lowest BCUT2D eigenvalue weighted by molar-refractivity contribution is 0.103. The summed E-state index contributed by atoms with van der Waals surface area (Å²) in [6, 6.07) is 45.6. The van der Waals surface area contributed by atoms with Crippen LogP contribution in [0, 0.1) is 37.1 Å². The third-order valence-electron chi connectivity index (χ3n) is 12.0. The van der Waals surface area contributed by atoms with Crippen LogP contribution in [-0.2, 0) is 20.2 Å². The molecule has 0 atom stereocenters. The summed E-state index contributed by atoms with van der Waals surface area (Å²) >= 11 is 0. The molecule has 74 heavy (non-hydrogen) atoms. The highest BCUT2D eigenvalue weighted by Crippen LogP contribution is 2.41. The van der Waals surface area contributed by atoms with Crippen molar-refractivity contribution < 1.29 is 62.6 Å². The molecule has 10 nitrogen and oxygen atoms in total. The van der Waals surface area contributed by atoms with Gasteiger partial charge in [0.05, 0.1) is 9.79 Å².